The van der Waals surface area contributed by atoms with Crippen LogP contribution in [0.2, 0.25) is 0 Å². The molecule has 0 aromatic carbocycles. The first-order chi connectivity index (χ1) is 9.55. The third-order valence-corrected chi connectivity index (χ3v) is 3.82. The SMILES string of the molecule is CC(C)(C)CCN1CCC(CNC(=O)OC(C)(C)C)CC1. The van der Waals surface area contributed by atoms with Gasteiger partial charge in [0.25, 0.3) is 0 Å². The number of piperidine rings is 1. The van der Waals surface area contributed by atoms with Crippen molar-refractivity contribution < 1.29 is 9.53 Å². The lowest BCUT2D eigenvalue weighted by Gasteiger charge is -2.33. The molecule has 1 saturated heterocycles. The Morgan fingerprint density at radius 2 is 1.71 bits per heavy atom. The van der Waals surface area contributed by atoms with Gasteiger partial charge < -0.3 is 15.0 Å². The third-order valence-electron chi connectivity index (χ3n) is 3.82. The standard InChI is InChI=1S/C17H34N2O2/c1-16(2,3)9-12-19-10-7-14(8-11-19)13-18-15(20)21-17(4,5)6/h14H,7-13H2,1-6H3,(H,18,20). The molecule has 1 rings (SSSR count). The largest absolute Gasteiger partial charge is 0.444 e. The number of carbonyl (C=O) groups excluding carboxylic acids is 1. The first kappa shape index (κ1) is 18.3. The zero-order valence-corrected chi connectivity index (χ0v) is 14.8. The number of rotatable bonds is 4. The van der Waals surface area contributed by atoms with Gasteiger partial charge in [0, 0.05) is 6.54 Å². The minimum atomic E-state index is -0.416. The van der Waals surface area contributed by atoms with E-state index in [2.05, 4.69) is 31.0 Å². The lowest BCUT2D eigenvalue weighted by molar-refractivity contribution is 0.0509. The molecule has 0 saturated carbocycles. The normalized spacial score (nSPS) is 18.6. The van der Waals surface area contributed by atoms with Crippen molar-refractivity contribution >= 4 is 6.09 Å². The summed E-state index contributed by atoms with van der Waals surface area (Å²) in [6, 6.07) is 0. The third kappa shape index (κ3) is 8.97. The molecule has 0 aliphatic carbocycles. The van der Waals surface area contributed by atoms with Crippen LogP contribution in [0.1, 0.15) is 60.8 Å². The van der Waals surface area contributed by atoms with Gasteiger partial charge in [0.15, 0.2) is 0 Å². The molecule has 1 heterocycles. The maximum absolute atomic E-state index is 11.6. The molecule has 0 radical (unpaired) electrons. The Hall–Kier alpha value is -0.770. The number of hydrogen-bond acceptors (Lipinski definition) is 3. The molecule has 4 nitrogen and oxygen atoms in total. The van der Waals surface area contributed by atoms with Crippen molar-refractivity contribution in [1.82, 2.24) is 10.2 Å². The van der Waals surface area contributed by atoms with E-state index >= 15 is 0 Å². The summed E-state index contributed by atoms with van der Waals surface area (Å²) in [5.74, 6) is 0.586. The highest BCUT2D eigenvalue weighted by Crippen LogP contribution is 2.22. The monoisotopic (exact) mass is 298 g/mol. The summed E-state index contributed by atoms with van der Waals surface area (Å²) < 4.78 is 5.27. The van der Waals surface area contributed by atoms with Crippen molar-refractivity contribution in [2.45, 2.75) is 66.4 Å². The van der Waals surface area contributed by atoms with Crippen LogP contribution >= 0.6 is 0 Å². The minimum Gasteiger partial charge on any atom is -0.444 e. The van der Waals surface area contributed by atoms with Gasteiger partial charge in [-0.05, 0) is 71.0 Å². The predicted octanol–water partition coefficient (Wildman–Crippen LogP) is 3.66. The van der Waals surface area contributed by atoms with Gasteiger partial charge in [0.1, 0.15) is 5.60 Å². The van der Waals surface area contributed by atoms with Crippen LogP contribution in [0.5, 0.6) is 0 Å². The van der Waals surface area contributed by atoms with E-state index in [1.165, 1.54) is 25.8 Å². The van der Waals surface area contributed by atoms with Gasteiger partial charge in [0.05, 0.1) is 0 Å². The summed E-state index contributed by atoms with van der Waals surface area (Å²) in [5.41, 5.74) is -0.00444. The molecule has 1 N–H and O–H groups in total. The summed E-state index contributed by atoms with van der Waals surface area (Å²) in [5, 5.41) is 2.90. The number of ether oxygens (including phenoxy) is 1. The molecule has 0 aromatic rings. The highest BCUT2D eigenvalue weighted by atomic mass is 16.6. The molecule has 1 aliphatic heterocycles. The van der Waals surface area contributed by atoms with Crippen LogP contribution in [0.25, 0.3) is 0 Å². The first-order valence-electron chi connectivity index (χ1n) is 8.24. The zero-order chi connectivity index (χ0) is 16.1. The van der Waals surface area contributed by atoms with E-state index in [-0.39, 0.29) is 6.09 Å². The van der Waals surface area contributed by atoms with Crippen LogP contribution in [0.3, 0.4) is 0 Å². The molecule has 0 atom stereocenters. The van der Waals surface area contributed by atoms with Gasteiger partial charge in [-0.15, -0.1) is 0 Å². The molecular formula is C17H34N2O2. The quantitative estimate of drug-likeness (QED) is 0.861. The smallest absolute Gasteiger partial charge is 0.407 e. The van der Waals surface area contributed by atoms with Gasteiger partial charge in [-0.2, -0.15) is 0 Å². The minimum absolute atomic E-state index is 0.294. The summed E-state index contributed by atoms with van der Waals surface area (Å²) in [7, 11) is 0. The topological polar surface area (TPSA) is 41.6 Å². The van der Waals surface area contributed by atoms with E-state index < -0.39 is 5.60 Å². The number of nitrogens with one attached hydrogen (secondary N) is 1. The van der Waals surface area contributed by atoms with E-state index in [1.54, 1.807) is 0 Å². The van der Waals surface area contributed by atoms with E-state index in [0.29, 0.717) is 11.3 Å². The molecule has 0 unspecified atom stereocenters. The first-order valence-corrected chi connectivity index (χ1v) is 8.24. The molecule has 124 valence electrons. The molecule has 4 heteroatoms. The number of likely N-dealkylation sites (tertiary alicyclic amines) is 1. The van der Waals surface area contributed by atoms with E-state index in [4.69, 9.17) is 4.74 Å². The summed E-state index contributed by atoms with van der Waals surface area (Å²) >= 11 is 0. The van der Waals surface area contributed by atoms with Crippen LogP contribution in [0, 0.1) is 11.3 Å². The molecule has 1 fully saturated rings. The molecule has 1 aliphatic rings. The van der Waals surface area contributed by atoms with Crippen LogP contribution in [0.4, 0.5) is 4.79 Å². The van der Waals surface area contributed by atoms with Gasteiger partial charge in [-0.25, -0.2) is 4.79 Å². The second-order valence-corrected chi connectivity index (χ2v) is 8.48. The van der Waals surface area contributed by atoms with Crippen molar-refractivity contribution in [2.75, 3.05) is 26.2 Å². The second kappa shape index (κ2) is 7.48. The lowest BCUT2D eigenvalue weighted by Crippen LogP contribution is -2.40. The molecule has 21 heavy (non-hydrogen) atoms. The molecule has 1 amide bonds. The van der Waals surface area contributed by atoms with Gasteiger partial charge in [0.2, 0.25) is 0 Å². The Morgan fingerprint density at radius 3 is 2.19 bits per heavy atom. The average Bonchev–Trinajstić information content (AvgIpc) is 2.32. The Bertz CT molecular complexity index is 321. The summed E-state index contributed by atoms with van der Waals surface area (Å²) in [4.78, 5) is 14.2. The molecular weight excluding hydrogens is 264 g/mol. The van der Waals surface area contributed by atoms with Crippen LogP contribution < -0.4 is 5.32 Å². The van der Waals surface area contributed by atoms with E-state index in [0.717, 1.165) is 19.6 Å². The van der Waals surface area contributed by atoms with Gasteiger partial charge in [-0.3, -0.25) is 0 Å². The van der Waals surface area contributed by atoms with Crippen LogP contribution in [-0.2, 0) is 4.74 Å². The Labute approximate surface area is 130 Å². The second-order valence-electron chi connectivity index (χ2n) is 8.48. The highest BCUT2D eigenvalue weighted by Gasteiger charge is 2.22. The van der Waals surface area contributed by atoms with Gasteiger partial charge in [-0.1, -0.05) is 20.8 Å². The maximum Gasteiger partial charge on any atom is 0.407 e. The van der Waals surface area contributed by atoms with Crippen molar-refractivity contribution in [3.8, 4) is 0 Å². The Morgan fingerprint density at radius 1 is 1.14 bits per heavy atom. The molecule has 0 bridgehead atoms. The average molecular weight is 298 g/mol. The lowest BCUT2D eigenvalue weighted by atomic mass is 9.91. The fourth-order valence-electron chi connectivity index (χ4n) is 2.45. The van der Waals surface area contributed by atoms with Crippen LogP contribution in [-0.4, -0.2) is 42.8 Å². The summed E-state index contributed by atoms with van der Waals surface area (Å²) in [6.07, 6.45) is 3.28. The highest BCUT2D eigenvalue weighted by molar-refractivity contribution is 5.67. The molecule has 0 aromatic heterocycles. The zero-order valence-electron chi connectivity index (χ0n) is 14.8. The van der Waals surface area contributed by atoms with Crippen molar-refractivity contribution in [3.63, 3.8) is 0 Å². The Kier molecular flexibility index (Phi) is 6.51. The molecule has 0 spiro atoms. The number of hydrogen-bond donors (Lipinski definition) is 1. The van der Waals surface area contributed by atoms with E-state index in [1.807, 2.05) is 20.8 Å². The van der Waals surface area contributed by atoms with Crippen LogP contribution in [0.15, 0.2) is 0 Å². The van der Waals surface area contributed by atoms with Crippen molar-refractivity contribution in [1.29, 1.82) is 0 Å². The number of amides is 1. The maximum atomic E-state index is 11.6. The Balaban J connectivity index is 2.17. The number of carbonyl (C=O) groups is 1. The van der Waals surface area contributed by atoms with E-state index in [9.17, 15) is 4.79 Å². The summed E-state index contributed by atoms with van der Waals surface area (Å²) in [6.45, 7) is 16.8. The van der Waals surface area contributed by atoms with Gasteiger partial charge >= 0.3 is 6.09 Å². The number of alkyl carbamates (subject to hydrolysis) is 1. The number of nitrogens with zero attached hydrogens (tertiary/aromatic N) is 1. The van der Waals surface area contributed by atoms with Crippen molar-refractivity contribution in [2.24, 2.45) is 11.3 Å². The fraction of sp³-hybridized carbons (Fsp3) is 0.941. The van der Waals surface area contributed by atoms with Crippen molar-refractivity contribution in [3.05, 3.63) is 0 Å². The fourth-order valence-corrected chi connectivity index (χ4v) is 2.45. The predicted molar refractivity (Wildman–Crippen MR) is 87.5 cm³/mol.